The van der Waals surface area contributed by atoms with Gasteiger partial charge in [-0.3, -0.25) is 14.9 Å². The lowest BCUT2D eigenvalue weighted by Crippen LogP contribution is -2.12. The summed E-state index contributed by atoms with van der Waals surface area (Å²) in [5.41, 5.74) is 1.61. The van der Waals surface area contributed by atoms with E-state index in [-0.39, 0.29) is 16.3 Å². The van der Waals surface area contributed by atoms with E-state index in [1.807, 2.05) is 24.4 Å². The molecule has 1 amide bonds. The number of nitrogens with one attached hydrogen (secondary N) is 2. The van der Waals surface area contributed by atoms with E-state index in [0.717, 1.165) is 17.0 Å². The number of benzene rings is 2. The number of H-pyrrole nitrogens is 1. The van der Waals surface area contributed by atoms with Gasteiger partial charge < -0.3 is 10.3 Å². The van der Waals surface area contributed by atoms with E-state index < -0.39 is 10.8 Å². The number of amides is 1. The van der Waals surface area contributed by atoms with Gasteiger partial charge in [0.15, 0.2) is 0 Å². The number of non-ortho nitro benzene ring substituents is 1. The van der Waals surface area contributed by atoms with E-state index >= 15 is 0 Å². The highest BCUT2D eigenvalue weighted by atomic mass is 35.5. The molecule has 2 N–H and O–H groups in total. The zero-order valence-electron chi connectivity index (χ0n) is 11.2. The van der Waals surface area contributed by atoms with Crippen LogP contribution in [0.1, 0.15) is 10.4 Å². The van der Waals surface area contributed by atoms with Crippen LogP contribution in [0.4, 0.5) is 11.4 Å². The first-order chi connectivity index (χ1) is 10.5. The van der Waals surface area contributed by atoms with Crippen LogP contribution in [0.15, 0.2) is 48.7 Å². The van der Waals surface area contributed by atoms with Gasteiger partial charge in [0.1, 0.15) is 0 Å². The van der Waals surface area contributed by atoms with Crippen molar-refractivity contribution in [2.24, 2.45) is 0 Å². The zero-order chi connectivity index (χ0) is 15.7. The van der Waals surface area contributed by atoms with Gasteiger partial charge in [-0.2, -0.15) is 0 Å². The minimum Gasteiger partial charge on any atom is -0.361 e. The Morgan fingerprint density at radius 2 is 2.00 bits per heavy atom. The summed E-state index contributed by atoms with van der Waals surface area (Å²) < 4.78 is 0. The third-order valence-corrected chi connectivity index (χ3v) is 3.53. The number of hydrogen-bond acceptors (Lipinski definition) is 3. The third-order valence-electron chi connectivity index (χ3n) is 3.22. The quantitative estimate of drug-likeness (QED) is 0.566. The molecular formula is C15H10ClN3O3. The summed E-state index contributed by atoms with van der Waals surface area (Å²) >= 11 is 5.94. The Kier molecular flexibility index (Phi) is 3.52. The first-order valence-corrected chi connectivity index (χ1v) is 6.75. The maximum absolute atomic E-state index is 12.2. The summed E-state index contributed by atoms with van der Waals surface area (Å²) in [5.74, 6) is -0.421. The zero-order valence-corrected chi connectivity index (χ0v) is 11.9. The van der Waals surface area contributed by atoms with Crippen molar-refractivity contribution >= 4 is 39.8 Å². The molecule has 2 aromatic carbocycles. The molecule has 7 heteroatoms. The molecule has 0 unspecified atom stereocenters. The number of carbonyl (C=O) groups is 1. The second-order valence-electron chi connectivity index (χ2n) is 4.66. The van der Waals surface area contributed by atoms with Gasteiger partial charge in [-0.1, -0.05) is 11.6 Å². The predicted octanol–water partition coefficient (Wildman–Crippen LogP) is 3.98. The number of fused-ring (bicyclic) bond motifs is 1. The summed E-state index contributed by atoms with van der Waals surface area (Å²) in [4.78, 5) is 25.4. The van der Waals surface area contributed by atoms with Crippen LogP contribution in [0, 0.1) is 10.1 Å². The molecule has 0 atom stereocenters. The average Bonchev–Trinajstić information content (AvgIpc) is 2.94. The van der Waals surface area contributed by atoms with Gasteiger partial charge in [0.2, 0.25) is 0 Å². The molecule has 1 heterocycles. The molecule has 0 aliphatic carbocycles. The molecule has 3 aromatic rings. The molecule has 6 nitrogen and oxygen atoms in total. The van der Waals surface area contributed by atoms with Gasteiger partial charge in [0.05, 0.1) is 15.5 Å². The largest absolute Gasteiger partial charge is 0.361 e. The summed E-state index contributed by atoms with van der Waals surface area (Å²) in [5, 5.41) is 14.4. The smallest absolute Gasteiger partial charge is 0.270 e. The highest BCUT2D eigenvalue weighted by molar-refractivity contribution is 6.34. The molecule has 110 valence electrons. The minimum atomic E-state index is -0.562. The molecule has 1 aromatic heterocycles. The van der Waals surface area contributed by atoms with E-state index in [0.29, 0.717) is 5.69 Å². The Hall–Kier alpha value is -2.86. The van der Waals surface area contributed by atoms with Crippen LogP contribution >= 0.6 is 11.6 Å². The summed E-state index contributed by atoms with van der Waals surface area (Å²) in [6.07, 6.45) is 1.81. The molecule has 0 saturated carbocycles. The van der Waals surface area contributed by atoms with E-state index in [9.17, 15) is 14.9 Å². The fraction of sp³-hybridized carbons (Fsp3) is 0. The Morgan fingerprint density at radius 3 is 2.73 bits per heavy atom. The summed E-state index contributed by atoms with van der Waals surface area (Å²) in [6, 6.07) is 11.1. The van der Waals surface area contributed by atoms with E-state index in [1.165, 1.54) is 12.1 Å². The Bertz CT molecular complexity index is 889. The minimum absolute atomic E-state index is 0.0365. The summed E-state index contributed by atoms with van der Waals surface area (Å²) in [7, 11) is 0. The maximum atomic E-state index is 12.2. The van der Waals surface area contributed by atoms with Crippen LogP contribution in [0.25, 0.3) is 10.9 Å². The Balaban J connectivity index is 1.86. The standard InChI is InChI=1S/C15H10ClN3O3/c16-13-8-11(19(21)22)2-3-12(13)15(20)18-10-1-4-14-9(7-10)5-6-17-14/h1-8,17H,(H,18,20). The Morgan fingerprint density at radius 1 is 1.18 bits per heavy atom. The normalized spacial score (nSPS) is 10.6. The second-order valence-corrected chi connectivity index (χ2v) is 5.06. The lowest BCUT2D eigenvalue weighted by atomic mass is 10.1. The number of hydrogen-bond donors (Lipinski definition) is 2. The number of nitro benzene ring substituents is 1. The highest BCUT2D eigenvalue weighted by Gasteiger charge is 2.15. The van der Waals surface area contributed by atoms with Gasteiger partial charge in [0.25, 0.3) is 11.6 Å². The van der Waals surface area contributed by atoms with Crippen molar-refractivity contribution in [3.8, 4) is 0 Å². The predicted molar refractivity (Wildman–Crippen MR) is 84.4 cm³/mol. The molecule has 0 bridgehead atoms. The van der Waals surface area contributed by atoms with Gasteiger partial charge in [-0.15, -0.1) is 0 Å². The summed E-state index contributed by atoms with van der Waals surface area (Å²) in [6.45, 7) is 0. The van der Waals surface area contributed by atoms with Crippen LogP contribution < -0.4 is 5.32 Å². The molecule has 0 saturated heterocycles. The fourth-order valence-corrected chi connectivity index (χ4v) is 2.39. The van der Waals surface area contributed by atoms with Crippen molar-refractivity contribution in [2.75, 3.05) is 5.32 Å². The molecule has 0 spiro atoms. The van der Waals surface area contributed by atoms with Crippen molar-refractivity contribution in [1.29, 1.82) is 0 Å². The van der Waals surface area contributed by atoms with Gasteiger partial charge in [0, 0.05) is 34.9 Å². The number of halogens is 1. The van der Waals surface area contributed by atoms with Crippen LogP contribution in [-0.2, 0) is 0 Å². The lowest BCUT2D eigenvalue weighted by Gasteiger charge is -2.07. The topological polar surface area (TPSA) is 88.0 Å². The molecular weight excluding hydrogens is 306 g/mol. The number of nitrogens with zero attached hydrogens (tertiary/aromatic N) is 1. The molecule has 0 radical (unpaired) electrons. The van der Waals surface area contributed by atoms with E-state index in [4.69, 9.17) is 11.6 Å². The van der Waals surface area contributed by atoms with Crippen molar-refractivity contribution in [3.05, 3.63) is 69.4 Å². The van der Waals surface area contributed by atoms with Gasteiger partial charge in [-0.25, -0.2) is 0 Å². The SMILES string of the molecule is O=C(Nc1ccc2[nH]ccc2c1)c1ccc([N+](=O)[O-])cc1Cl. The first-order valence-electron chi connectivity index (χ1n) is 6.37. The number of aromatic nitrogens is 1. The van der Waals surface area contributed by atoms with Crippen LogP contribution in [-0.4, -0.2) is 15.8 Å². The number of rotatable bonds is 3. The van der Waals surface area contributed by atoms with Crippen molar-refractivity contribution < 1.29 is 9.72 Å². The van der Waals surface area contributed by atoms with E-state index in [1.54, 1.807) is 6.07 Å². The molecule has 3 rings (SSSR count). The van der Waals surface area contributed by atoms with Gasteiger partial charge >= 0.3 is 0 Å². The first kappa shape index (κ1) is 14.1. The van der Waals surface area contributed by atoms with Crippen LogP contribution in [0.2, 0.25) is 5.02 Å². The Labute approximate surface area is 129 Å². The van der Waals surface area contributed by atoms with Gasteiger partial charge in [-0.05, 0) is 30.3 Å². The lowest BCUT2D eigenvalue weighted by molar-refractivity contribution is -0.384. The van der Waals surface area contributed by atoms with Crippen molar-refractivity contribution in [1.82, 2.24) is 4.98 Å². The molecule has 0 fully saturated rings. The van der Waals surface area contributed by atoms with Crippen molar-refractivity contribution in [2.45, 2.75) is 0 Å². The maximum Gasteiger partial charge on any atom is 0.270 e. The molecule has 22 heavy (non-hydrogen) atoms. The number of anilines is 1. The average molecular weight is 316 g/mol. The number of aromatic amines is 1. The van der Waals surface area contributed by atoms with Crippen LogP contribution in [0.3, 0.4) is 0 Å². The van der Waals surface area contributed by atoms with Crippen LogP contribution in [0.5, 0.6) is 0 Å². The molecule has 0 aliphatic heterocycles. The second kappa shape index (κ2) is 5.50. The third kappa shape index (κ3) is 2.64. The monoisotopic (exact) mass is 315 g/mol. The number of carbonyl (C=O) groups excluding carboxylic acids is 1. The highest BCUT2D eigenvalue weighted by Crippen LogP contribution is 2.24. The number of nitro groups is 1. The van der Waals surface area contributed by atoms with Crippen molar-refractivity contribution in [3.63, 3.8) is 0 Å². The fourth-order valence-electron chi connectivity index (χ4n) is 2.13. The van der Waals surface area contributed by atoms with E-state index in [2.05, 4.69) is 10.3 Å². The molecule has 0 aliphatic rings.